The average Bonchev–Trinajstić information content (AvgIpc) is 2.54. The maximum Gasteiger partial charge on any atom is 0.242 e. The maximum absolute atomic E-state index is 13.0. The van der Waals surface area contributed by atoms with Crippen molar-refractivity contribution in [2.45, 2.75) is 11.3 Å². The summed E-state index contributed by atoms with van der Waals surface area (Å²) >= 11 is 5.79. The third-order valence-corrected chi connectivity index (χ3v) is 5.28. The van der Waals surface area contributed by atoms with Gasteiger partial charge in [0.2, 0.25) is 10.0 Å². The van der Waals surface area contributed by atoms with E-state index in [0.717, 1.165) is 23.8 Å². The van der Waals surface area contributed by atoms with Gasteiger partial charge in [-0.1, -0.05) is 17.7 Å². The standard InChI is InChI=1S/C16H17ClFNO4S/c1-22-14-5-3-11(9-15(14)23-2)7-8-19-24(20,21)16-6-4-12(18)10-13(16)17/h3-6,9-10,19H,7-8H2,1-2H3. The molecule has 0 amide bonds. The molecular weight excluding hydrogens is 357 g/mol. The fourth-order valence-electron chi connectivity index (χ4n) is 2.14. The molecule has 130 valence electrons. The largest absolute Gasteiger partial charge is 0.493 e. The smallest absolute Gasteiger partial charge is 0.242 e. The number of methoxy groups -OCH3 is 2. The summed E-state index contributed by atoms with van der Waals surface area (Å²) in [5, 5.41) is -0.159. The lowest BCUT2D eigenvalue weighted by Crippen LogP contribution is -2.26. The zero-order chi connectivity index (χ0) is 17.7. The van der Waals surface area contributed by atoms with Gasteiger partial charge in [0.1, 0.15) is 10.7 Å². The van der Waals surface area contributed by atoms with E-state index >= 15 is 0 Å². The number of hydrogen-bond donors (Lipinski definition) is 1. The molecule has 0 aromatic heterocycles. The number of rotatable bonds is 7. The van der Waals surface area contributed by atoms with Gasteiger partial charge < -0.3 is 9.47 Å². The summed E-state index contributed by atoms with van der Waals surface area (Å²) in [6.45, 7) is 0.158. The van der Waals surface area contributed by atoms with E-state index in [2.05, 4.69) is 4.72 Å². The van der Waals surface area contributed by atoms with Crippen molar-refractivity contribution in [2.75, 3.05) is 20.8 Å². The molecule has 1 N–H and O–H groups in total. The monoisotopic (exact) mass is 373 g/mol. The predicted octanol–water partition coefficient (Wildman–Crippen LogP) is 3.02. The number of nitrogens with one attached hydrogen (secondary N) is 1. The number of hydrogen-bond acceptors (Lipinski definition) is 4. The van der Waals surface area contributed by atoms with Crippen molar-refractivity contribution in [3.8, 4) is 11.5 Å². The molecule has 2 aromatic carbocycles. The van der Waals surface area contributed by atoms with E-state index in [4.69, 9.17) is 21.1 Å². The average molecular weight is 374 g/mol. The topological polar surface area (TPSA) is 64.6 Å². The highest BCUT2D eigenvalue weighted by molar-refractivity contribution is 7.89. The summed E-state index contributed by atoms with van der Waals surface area (Å²) in [6, 6.07) is 8.49. The lowest BCUT2D eigenvalue weighted by atomic mass is 10.1. The minimum atomic E-state index is -3.81. The molecule has 0 aliphatic carbocycles. The summed E-state index contributed by atoms with van der Waals surface area (Å²) in [4.78, 5) is -0.155. The maximum atomic E-state index is 13.0. The Hall–Kier alpha value is -1.83. The second-order valence-electron chi connectivity index (χ2n) is 4.91. The molecule has 0 spiro atoms. The molecule has 0 saturated heterocycles. The number of benzene rings is 2. The Morgan fingerprint density at radius 1 is 1.08 bits per heavy atom. The van der Waals surface area contributed by atoms with Gasteiger partial charge in [0.25, 0.3) is 0 Å². The molecule has 24 heavy (non-hydrogen) atoms. The zero-order valence-electron chi connectivity index (χ0n) is 13.2. The molecule has 0 saturated carbocycles. The van der Waals surface area contributed by atoms with Crippen LogP contribution in [0.3, 0.4) is 0 Å². The molecule has 0 heterocycles. The Bertz CT molecular complexity index is 827. The van der Waals surface area contributed by atoms with Gasteiger partial charge in [-0.3, -0.25) is 0 Å². The third-order valence-electron chi connectivity index (χ3n) is 3.34. The van der Waals surface area contributed by atoms with Crippen molar-refractivity contribution < 1.29 is 22.3 Å². The van der Waals surface area contributed by atoms with Gasteiger partial charge in [-0.15, -0.1) is 0 Å². The van der Waals surface area contributed by atoms with E-state index in [-0.39, 0.29) is 16.5 Å². The first-order chi connectivity index (χ1) is 11.4. The van der Waals surface area contributed by atoms with Crippen LogP contribution >= 0.6 is 11.6 Å². The fraction of sp³-hybridized carbons (Fsp3) is 0.250. The van der Waals surface area contributed by atoms with E-state index in [1.165, 1.54) is 14.2 Å². The molecule has 0 bridgehead atoms. The van der Waals surface area contributed by atoms with Gasteiger partial charge in [-0.05, 0) is 42.3 Å². The number of sulfonamides is 1. The van der Waals surface area contributed by atoms with Crippen LogP contribution in [0.4, 0.5) is 4.39 Å². The van der Waals surface area contributed by atoms with Gasteiger partial charge in [-0.25, -0.2) is 17.5 Å². The highest BCUT2D eigenvalue weighted by Crippen LogP contribution is 2.27. The lowest BCUT2D eigenvalue weighted by Gasteiger charge is -2.11. The molecule has 0 fully saturated rings. The Labute approximate surface area is 145 Å². The predicted molar refractivity (Wildman–Crippen MR) is 89.8 cm³/mol. The molecule has 0 aliphatic heterocycles. The summed E-state index contributed by atoms with van der Waals surface area (Å²) in [5.74, 6) is 0.573. The normalized spacial score (nSPS) is 11.3. The van der Waals surface area contributed by atoms with Crippen molar-refractivity contribution >= 4 is 21.6 Å². The number of ether oxygens (including phenoxy) is 2. The van der Waals surface area contributed by atoms with Crippen LogP contribution in [0.5, 0.6) is 11.5 Å². The molecule has 0 radical (unpaired) electrons. The van der Waals surface area contributed by atoms with Crippen molar-refractivity contribution in [3.63, 3.8) is 0 Å². The second kappa shape index (κ2) is 7.83. The summed E-state index contributed by atoms with van der Waals surface area (Å²) in [6.07, 6.45) is 0.443. The van der Waals surface area contributed by atoms with Crippen LogP contribution in [-0.2, 0) is 16.4 Å². The first-order valence-electron chi connectivity index (χ1n) is 7.03. The summed E-state index contributed by atoms with van der Waals surface area (Å²) < 4.78 is 50.2. The highest BCUT2D eigenvalue weighted by atomic mass is 35.5. The van der Waals surface area contributed by atoms with Gasteiger partial charge in [0.15, 0.2) is 11.5 Å². The quantitative estimate of drug-likeness (QED) is 0.810. The van der Waals surface area contributed by atoms with Crippen LogP contribution in [0.15, 0.2) is 41.3 Å². The van der Waals surface area contributed by atoms with Crippen LogP contribution in [0, 0.1) is 5.82 Å². The molecule has 2 aromatic rings. The van der Waals surface area contributed by atoms with Crippen LogP contribution in [0.25, 0.3) is 0 Å². The minimum absolute atomic E-state index is 0.155. The highest BCUT2D eigenvalue weighted by Gasteiger charge is 2.18. The zero-order valence-corrected chi connectivity index (χ0v) is 14.7. The second-order valence-corrected chi connectivity index (χ2v) is 7.05. The van der Waals surface area contributed by atoms with E-state index in [1.807, 2.05) is 6.07 Å². The molecule has 0 atom stereocenters. The van der Waals surface area contributed by atoms with Gasteiger partial charge in [0, 0.05) is 6.54 Å². The van der Waals surface area contributed by atoms with E-state index < -0.39 is 15.8 Å². The molecule has 0 aliphatic rings. The van der Waals surface area contributed by atoms with E-state index in [9.17, 15) is 12.8 Å². The molecular formula is C16H17ClFNO4S. The van der Waals surface area contributed by atoms with E-state index in [0.29, 0.717) is 17.9 Å². The summed E-state index contributed by atoms with van der Waals surface area (Å²) in [7, 11) is -0.743. The minimum Gasteiger partial charge on any atom is -0.493 e. The Balaban J connectivity index is 2.05. The van der Waals surface area contributed by atoms with Crippen LogP contribution < -0.4 is 14.2 Å². The van der Waals surface area contributed by atoms with Crippen molar-refractivity contribution in [1.29, 1.82) is 0 Å². The first kappa shape index (κ1) is 18.5. The van der Waals surface area contributed by atoms with Gasteiger partial charge >= 0.3 is 0 Å². The SMILES string of the molecule is COc1ccc(CCNS(=O)(=O)c2ccc(F)cc2Cl)cc1OC. The van der Waals surface area contributed by atoms with Crippen LogP contribution in [0.2, 0.25) is 5.02 Å². The van der Waals surface area contributed by atoms with Crippen LogP contribution in [-0.4, -0.2) is 29.2 Å². The Kier molecular flexibility index (Phi) is 6.04. The summed E-state index contributed by atoms with van der Waals surface area (Å²) in [5.41, 5.74) is 0.876. The van der Waals surface area contributed by atoms with E-state index in [1.54, 1.807) is 12.1 Å². The molecule has 0 unspecified atom stereocenters. The molecule has 8 heteroatoms. The Morgan fingerprint density at radius 3 is 2.42 bits per heavy atom. The lowest BCUT2D eigenvalue weighted by molar-refractivity contribution is 0.354. The molecule has 5 nitrogen and oxygen atoms in total. The van der Waals surface area contributed by atoms with Crippen molar-refractivity contribution in [1.82, 2.24) is 4.72 Å². The Morgan fingerprint density at radius 2 is 1.79 bits per heavy atom. The first-order valence-corrected chi connectivity index (χ1v) is 8.89. The van der Waals surface area contributed by atoms with Crippen molar-refractivity contribution in [2.24, 2.45) is 0 Å². The van der Waals surface area contributed by atoms with Gasteiger partial charge in [-0.2, -0.15) is 0 Å². The van der Waals surface area contributed by atoms with Gasteiger partial charge in [0.05, 0.1) is 19.2 Å². The van der Waals surface area contributed by atoms with Crippen LogP contribution in [0.1, 0.15) is 5.56 Å². The third kappa shape index (κ3) is 4.37. The molecule has 2 rings (SSSR count). The fourth-order valence-corrected chi connectivity index (χ4v) is 3.70. The number of halogens is 2. The van der Waals surface area contributed by atoms with Crippen molar-refractivity contribution in [3.05, 3.63) is 52.8 Å².